The summed E-state index contributed by atoms with van der Waals surface area (Å²) in [6.07, 6.45) is 4.93. The van der Waals surface area contributed by atoms with Crippen LogP contribution in [0.5, 0.6) is 0 Å². The van der Waals surface area contributed by atoms with Crippen molar-refractivity contribution >= 4 is 69.7 Å². The molecular formula is C20H20N10O7S3. The van der Waals surface area contributed by atoms with Crippen molar-refractivity contribution in [2.45, 2.75) is 42.1 Å². The number of nitrogen functional groups attached to an aromatic ring is 1. The summed E-state index contributed by atoms with van der Waals surface area (Å²) in [5.74, 6) is -3.57. The van der Waals surface area contributed by atoms with Crippen LogP contribution in [0.4, 0.5) is 5.13 Å². The maximum Gasteiger partial charge on any atom is 0.352 e. The number of aliphatic carboxylic acids is 2. The average Bonchev–Trinajstić information content (AvgIpc) is 3.68. The molecule has 1 fully saturated rings. The van der Waals surface area contributed by atoms with Crippen LogP contribution in [0.25, 0.3) is 0 Å². The zero-order chi connectivity index (χ0) is 28.4. The summed E-state index contributed by atoms with van der Waals surface area (Å²) in [4.78, 5) is 60.0. The number of carbonyl (C=O) groups excluding carboxylic acids is 2. The molecule has 2 aromatic rings. The summed E-state index contributed by atoms with van der Waals surface area (Å²) in [6, 6.07) is -1.03. The zero-order valence-corrected chi connectivity index (χ0v) is 22.7. The molecule has 1 saturated heterocycles. The highest BCUT2D eigenvalue weighted by Crippen LogP contribution is 2.41. The third-order valence-electron chi connectivity index (χ3n) is 5.81. The number of allylic oxidation sites excluding steroid dienone is 1. The fraction of sp³-hybridized carbons (Fsp3) is 0.400. The molecule has 0 saturated carbocycles. The quantitative estimate of drug-likeness (QED) is 0.0799. The molecule has 5 rings (SSSR count). The number of carbonyl (C=O) groups is 4. The number of amides is 2. The maximum absolute atomic E-state index is 13.2. The number of fused-ring (bicyclic) bond motifs is 1. The second-order valence-corrected chi connectivity index (χ2v) is 11.3. The van der Waals surface area contributed by atoms with Crippen LogP contribution in [-0.2, 0) is 30.6 Å². The first kappa shape index (κ1) is 27.5. The van der Waals surface area contributed by atoms with Crippen molar-refractivity contribution in [3.05, 3.63) is 29.2 Å². The molecule has 5 N–H and O–H groups in total. The number of oxime groups is 1. The van der Waals surface area contributed by atoms with E-state index in [4.69, 9.17) is 15.7 Å². The van der Waals surface area contributed by atoms with Gasteiger partial charge < -0.3 is 26.1 Å². The maximum atomic E-state index is 13.2. The van der Waals surface area contributed by atoms with Crippen LogP contribution >= 0.6 is 35.1 Å². The van der Waals surface area contributed by atoms with Gasteiger partial charge in [0.2, 0.25) is 16.7 Å². The Morgan fingerprint density at radius 1 is 1.32 bits per heavy atom. The van der Waals surface area contributed by atoms with Crippen molar-refractivity contribution in [2.24, 2.45) is 5.16 Å². The van der Waals surface area contributed by atoms with Crippen molar-refractivity contribution in [3.63, 3.8) is 0 Å². The lowest BCUT2D eigenvalue weighted by atomic mass is 10.0. The predicted octanol–water partition coefficient (Wildman–Crippen LogP) is -0.838. The Labute approximate surface area is 237 Å². The molecule has 0 radical (unpaired) electrons. The number of carboxylic acid groups (broad SMARTS) is 2. The van der Waals surface area contributed by atoms with Gasteiger partial charge >= 0.3 is 11.9 Å². The number of nitrogens with two attached hydrogens (primary N) is 1. The van der Waals surface area contributed by atoms with E-state index in [9.17, 15) is 24.3 Å². The number of thioether (sulfide) groups is 2. The lowest BCUT2D eigenvalue weighted by Gasteiger charge is -2.49. The van der Waals surface area contributed by atoms with E-state index in [0.717, 1.165) is 39.3 Å². The van der Waals surface area contributed by atoms with E-state index in [2.05, 4.69) is 35.4 Å². The molecular weight excluding hydrogens is 588 g/mol. The van der Waals surface area contributed by atoms with E-state index in [1.54, 1.807) is 0 Å². The number of β-lactam (4-membered cyclic amide) rings is 1. The molecule has 3 atom stereocenters. The largest absolute Gasteiger partial charge is 0.480 e. The number of hydrogen-bond acceptors (Lipinski definition) is 15. The number of nitrogens with zero attached hydrogens (tertiary/aromatic N) is 8. The molecule has 40 heavy (non-hydrogen) atoms. The second-order valence-electron chi connectivity index (χ2n) is 8.47. The fourth-order valence-corrected chi connectivity index (χ4v) is 6.81. The first-order valence-corrected chi connectivity index (χ1v) is 14.4. The number of rotatable bonds is 11. The Morgan fingerprint density at radius 3 is 2.83 bits per heavy atom. The van der Waals surface area contributed by atoms with Crippen LogP contribution in [-0.4, -0.2) is 103 Å². The first-order chi connectivity index (χ1) is 19.2. The van der Waals surface area contributed by atoms with Gasteiger partial charge in [0.15, 0.2) is 5.13 Å². The van der Waals surface area contributed by atoms with Gasteiger partial charge in [-0.15, -0.1) is 16.9 Å². The Bertz CT molecular complexity index is 1450. The number of hydrogen-bond donors (Lipinski definition) is 4. The normalized spacial score (nSPS) is 22.2. The molecule has 20 heteroatoms. The Hall–Kier alpha value is -4.04. The average molecular weight is 609 g/mol. The lowest BCUT2D eigenvalue weighted by molar-refractivity contribution is -0.150. The number of nitrogens with one attached hydrogen (secondary N) is 1. The second kappa shape index (κ2) is 11.6. The summed E-state index contributed by atoms with van der Waals surface area (Å²) in [5, 5.41) is 35.9. The molecule has 0 aromatic carbocycles. The number of carboxylic acids is 2. The van der Waals surface area contributed by atoms with Gasteiger partial charge in [-0.1, -0.05) is 23.0 Å². The van der Waals surface area contributed by atoms with Crippen molar-refractivity contribution in [1.29, 1.82) is 0 Å². The van der Waals surface area contributed by atoms with E-state index in [-0.39, 0.29) is 45.1 Å². The summed E-state index contributed by atoms with van der Waals surface area (Å²) in [7, 11) is 0. The van der Waals surface area contributed by atoms with Gasteiger partial charge in [0.1, 0.15) is 29.8 Å². The summed E-state index contributed by atoms with van der Waals surface area (Å²) >= 11 is 3.18. The molecule has 2 amide bonds. The van der Waals surface area contributed by atoms with Gasteiger partial charge in [-0.05, 0) is 34.9 Å². The monoisotopic (exact) mass is 608 g/mol. The van der Waals surface area contributed by atoms with Crippen LogP contribution in [0.1, 0.15) is 18.7 Å². The zero-order valence-electron chi connectivity index (χ0n) is 20.2. The van der Waals surface area contributed by atoms with Gasteiger partial charge in [0.25, 0.3) is 11.8 Å². The minimum Gasteiger partial charge on any atom is -0.480 e. The standard InChI is InChI=1S/C20H20N10O7S3/c21-19-23-14(26-40-19)11(25-37-9-3-1-2-4-9)15(33)22-12-16(34)30-13(18(35)36)8(6-38-17(12)30)7-39-20-24-27-28-29(20)5-10(31)32/h1,3,9,12,17H,2,4-7H2,(H,22,33)(H,31,32)(H,35,36)(H2,21,23,26)/b25-11-/t9?,12?,17-/m1/s1. The number of tetrazole rings is 1. The fourth-order valence-electron chi connectivity index (χ4n) is 4.01. The van der Waals surface area contributed by atoms with E-state index in [0.29, 0.717) is 12.0 Å². The smallest absolute Gasteiger partial charge is 0.352 e. The minimum atomic E-state index is -1.31. The van der Waals surface area contributed by atoms with Crippen LogP contribution in [0.15, 0.2) is 33.7 Å². The summed E-state index contributed by atoms with van der Waals surface area (Å²) in [6.45, 7) is -0.459. The van der Waals surface area contributed by atoms with Crippen molar-refractivity contribution in [1.82, 2.24) is 39.8 Å². The van der Waals surface area contributed by atoms with Gasteiger partial charge in [-0.2, -0.15) is 9.36 Å². The lowest BCUT2D eigenvalue weighted by Crippen LogP contribution is -2.71. The molecule has 2 unspecified atom stereocenters. The molecule has 0 bridgehead atoms. The van der Waals surface area contributed by atoms with Crippen molar-refractivity contribution in [3.8, 4) is 0 Å². The van der Waals surface area contributed by atoms with Gasteiger partial charge in [-0.25, -0.2) is 9.48 Å². The highest BCUT2D eigenvalue weighted by molar-refractivity contribution is 8.01. The number of anilines is 1. The Morgan fingerprint density at radius 2 is 2.15 bits per heavy atom. The SMILES string of the molecule is Nc1nc(/C(=N/OC2C=CCC2)C(=O)NC2C(=O)N3C(C(=O)O)=C(CSc4nnnn4CC(=O)O)CS[C@H]23)ns1. The Balaban J connectivity index is 1.29. The molecule has 0 spiro atoms. The molecule has 2 aliphatic heterocycles. The molecule has 4 heterocycles. The molecule has 1 aliphatic carbocycles. The molecule has 2 aromatic heterocycles. The minimum absolute atomic E-state index is 0.0578. The summed E-state index contributed by atoms with van der Waals surface area (Å²) < 4.78 is 5.10. The van der Waals surface area contributed by atoms with Gasteiger partial charge in [0.05, 0.1) is 0 Å². The predicted molar refractivity (Wildman–Crippen MR) is 140 cm³/mol. The third kappa shape index (κ3) is 5.63. The molecule has 210 valence electrons. The van der Waals surface area contributed by atoms with E-state index in [1.165, 1.54) is 11.8 Å². The van der Waals surface area contributed by atoms with Crippen LogP contribution in [0, 0.1) is 0 Å². The topological polar surface area (TPSA) is 241 Å². The van der Waals surface area contributed by atoms with E-state index < -0.39 is 41.7 Å². The van der Waals surface area contributed by atoms with Crippen molar-refractivity contribution in [2.75, 3.05) is 17.2 Å². The van der Waals surface area contributed by atoms with Crippen LogP contribution in [0.2, 0.25) is 0 Å². The van der Waals surface area contributed by atoms with E-state index >= 15 is 0 Å². The van der Waals surface area contributed by atoms with E-state index in [1.807, 2.05) is 12.2 Å². The first-order valence-electron chi connectivity index (χ1n) is 11.5. The summed E-state index contributed by atoms with van der Waals surface area (Å²) in [5.41, 5.74) is 5.62. The van der Waals surface area contributed by atoms with Crippen molar-refractivity contribution < 1.29 is 34.2 Å². The van der Waals surface area contributed by atoms with Crippen LogP contribution in [0.3, 0.4) is 0 Å². The molecule has 17 nitrogen and oxygen atoms in total. The number of aromatic nitrogens is 6. The molecule has 3 aliphatic rings. The Kier molecular flexibility index (Phi) is 7.98. The van der Waals surface area contributed by atoms with Crippen LogP contribution < -0.4 is 11.1 Å². The highest BCUT2D eigenvalue weighted by atomic mass is 32.2. The van der Waals surface area contributed by atoms with Gasteiger partial charge in [-0.3, -0.25) is 19.3 Å². The highest BCUT2D eigenvalue weighted by Gasteiger charge is 2.54. The van der Waals surface area contributed by atoms with Gasteiger partial charge in [0, 0.05) is 23.0 Å². The third-order valence-corrected chi connectivity index (χ3v) is 8.74.